The Hall–Kier alpha value is -1.28. The molecule has 0 radical (unpaired) electrons. The molecule has 1 amide bonds. The molecule has 18 heavy (non-hydrogen) atoms. The average molecular weight is 267 g/mol. The van der Waals surface area contributed by atoms with Crippen LogP contribution in [0.2, 0.25) is 5.02 Å². The van der Waals surface area contributed by atoms with Crippen LogP contribution in [0.4, 0.5) is 0 Å². The highest BCUT2D eigenvalue weighted by atomic mass is 35.5. The van der Waals surface area contributed by atoms with Crippen molar-refractivity contribution < 1.29 is 11.6 Å². The Morgan fingerprint density at radius 3 is 3.17 bits per heavy atom. The Morgan fingerprint density at radius 2 is 2.44 bits per heavy atom. The van der Waals surface area contributed by atoms with Crippen molar-refractivity contribution in [2.45, 2.75) is 32.5 Å². The number of carbonyl (C=O) groups is 1. The maximum absolute atomic E-state index is 11.9. The number of benzene rings is 1. The van der Waals surface area contributed by atoms with Gasteiger partial charge in [-0.3, -0.25) is 4.79 Å². The predicted octanol–water partition coefficient (Wildman–Crippen LogP) is 3.24. The van der Waals surface area contributed by atoms with Crippen LogP contribution < -0.4 is 5.73 Å². The molecule has 0 heterocycles. The second-order valence-electron chi connectivity index (χ2n) is 4.68. The Balaban J connectivity index is 2.27. The summed E-state index contributed by atoms with van der Waals surface area (Å²) >= 11 is 6.15. The maximum atomic E-state index is 11.9. The zero-order chi connectivity index (χ0) is 17.3. The first kappa shape index (κ1) is 7.34. The van der Waals surface area contributed by atoms with E-state index in [0.29, 0.717) is 28.2 Å². The molecule has 2 N–H and O–H groups in total. The lowest BCUT2D eigenvalue weighted by Crippen LogP contribution is -2.27. The number of amides is 1. The van der Waals surface area contributed by atoms with E-state index >= 15 is 0 Å². The Morgan fingerprint density at radius 1 is 1.67 bits per heavy atom. The van der Waals surface area contributed by atoms with Crippen molar-refractivity contribution >= 4 is 23.1 Å². The molecule has 0 fully saturated rings. The number of hydrogen-bond donors (Lipinski definition) is 1. The molecule has 1 unspecified atom stereocenters. The molecule has 0 aliphatic heterocycles. The molecule has 94 valence electrons. The van der Waals surface area contributed by atoms with Crippen molar-refractivity contribution in [1.82, 2.24) is 0 Å². The van der Waals surface area contributed by atoms with E-state index in [9.17, 15) is 4.79 Å². The van der Waals surface area contributed by atoms with Gasteiger partial charge in [-0.05, 0) is 66.4 Å². The molecule has 3 heteroatoms. The van der Waals surface area contributed by atoms with E-state index in [2.05, 4.69) is 0 Å². The van der Waals surface area contributed by atoms with Crippen LogP contribution >= 0.6 is 11.6 Å². The number of nitrogens with two attached hydrogens (primary N) is 1. The highest BCUT2D eigenvalue weighted by Crippen LogP contribution is 2.45. The van der Waals surface area contributed by atoms with Crippen LogP contribution in [-0.2, 0) is 11.2 Å². The molecular formula is C15H16ClNO. The molecule has 0 spiro atoms. The summed E-state index contributed by atoms with van der Waals surface area (Å²) in [6.07, 6.45) is -4.53. The molecule has 3 rings (SSSR count). The van der Waals surface area contributed by atoms with Crippen LogP contribution in [0.1, 0.15) is 42.7 Å². The summed E-state index contributed by atoms with van der Waals surface area (Å²) in [5.41, 5.74) is 8.44. The van der Waals surface area contributed by atoms with Gasteiger partial charge in [-0.1, -0.05) is 17.7 Å². The molecule has 1 atom stereocenters. The van der Waals surface area contributed by atoms with Crippen molar-refractivity contribution in [2.24, 2.45) is 11.7 Å². The minimum absolute atomic E-state index is 0.105. The first-order chi connectivity index (χ1) is 10.5. The minimum Gasteiger partial charge on any atom is -0.369 e. The quantitative estimate of drug-likeness (QED) is 0.833. The lowest BCUT2D eigenvalue weighted by molar-refractivity contribution is -0.121. The number of allylic oxidation sites excluding steroid dienone is 1. The third-order valence-corrected chi connectivity index (χ3v) is 3.90. The third kappa shape index (κ3) is 1.67. The minimum atomic E-state index is -2.39. The van der Waals surface area contributed by atoms with Crippen LogP contribution in [0.25, 0.3) is 5.57 Å². The molecule has 0 saturated carbocycles. The largest absolute Gasteiger partial charge is 0.369 e. The van der Waals surface area contributed by atoms with Crippen molar-refractivity contribution in [3.05, 3.63) is 39.4 Å². The number of hydrogen-bond acceptors (Lipinski definition) is 1. The van der Waals surface area contributed by atoms with E-state index in [1.807, 2.05) is 6.07 Å². The fraction of sp³-hybridized carbons (Fsp3) is 0.400. The van der Waals surface area contributed by atoms with Crippen LogP contribution in [-0.4, -0.2) is 5.91 Å². The molecule has 0 bridgehead atoms. The zero-order valence-corrected chi connectivity index (χ0v) is 10.7. The molecule has 1 aromatic rings. The number of halogens is 1. The zero-order valence-electron chi connectivity index (χ0n) is 14.9. The first-order valence-corrected chi connectivity index (χ1v) is 6.17. The summed E-state index contributed by atoms with van der Waals surface area (Å²) in [6.45, 7) is 1.78. The van der Waals surface area contributed by atoms with E-state index in [-0.39, 0.29) is 12.5 Å². The highest BCUT2D eigenvalue weighted by molar-refractivity contribution is 6.31. The molecule has 0 saturated heterocycles. The van der Waals surface area contributed by atoms with Gasteiger partial charge in [0.25, 0.3) is 0 Å². The molecule has 1 aromatic carbocycles. The smallest absolute Gasteiger partial charge is 0.224 e. The van der Waals surface area contributed by atoms with E-state index in [1.54, 1.807) is 6.92 Å². The van der Waals surface area contributed by atoms with Crippen LogP contribution in [0.3, 0.4) is 0 Å². The highest BCUT2D eigenvalue weighted by Gasteiger charge is 2.33. The first-order valence-electron chi connectivity index (χ1n) is 8.29. The third-order valence-electron chi connectivity index (χ3n) is 3.51. The number of rotatable bonds is 1. The summed E-state index contributed by atoms with van der Waals surface area (Å²) in [6, 6.07) is 1.92. The predicted molar refractivity (Wildman–Crippen MR) is 73.3 cm³/mol. The molecule has 2 aliphatic rings. The van der Waals surface area contributed by atoms with Crippen molar-refractivity contribution in [3.63, 3.8) is 0 Å². The van der Waals surface area contributed by atoms with Gasteiger partial charge in [0.1, 0.15) is 0 Å². The normalized spacial score (nSPS) is 31.4. The van der Waals surface area contributed by atoms with Gasteiger partial charge in [0.2, 0.25) is 5.91 Å². The van der Waals surface area contributed by atoms with Crippen LogP contribution in [0.15, 0.2) is 17.7 Å². The Kier molecular flexibility index (Phi) is 1.68. The van der Waals surface area contributed by atoms with E-state index in [0.717, 1.165) is 11.1 Å². The Labute approximate surface area is 119 Å². The van der Waals surface area contributed by atoms with Crippen molar-refractivity contribution in [2.75, 3.05) is 0 Å². The average Bonchev–Trinajstić information content (AvgIpc) is 2.72. The standard InChI is InChI=1S/C15H16ClNO/c1-8-5-9-6-13-10(12(9)7-14(8)16)3-2-4-11(13)15(17)18/h5,7,11H,2-4,6H2,1H3,(H2,17,18)/i2D2,4D2,7D. The fourth-order valence-electron chi connectivity index (χ4n) is 2.62. The monoisotopic (exact) mass is 266 g/mol. The molecule has 2 aliphatic carbocycles. The van der Waals surface area contributed by atoms with E-state index in [1.165, 1.54) is 0 Å². The fourth-order valence-corrected chi connectivity index (χ4v) is 2.77. The van der Waals surface area contributed by atoms with Gasteiger partial charge < -0.3 is 5.73 Å². The molecule has 2 nitrogen and oxygen atoms in total. The van der Waals surface area contributed by atoms with Crippen molar-refractivity contribution in [1.29, 1.82) is 0 Å². The van der Waals surface area contributed by atoms with Crippen LogP contribution in [0.5, 0.6) is 0 Å². The van der Waals surface area contributed by atoms with Crippen LogP contribution in [0, 0.1) is 12.8 Å². The van der Waals surface area contributed by atoms with Gasteiger partial charge in [0.15, 0.2) is 0 Å². The topological polar surface area (TPSA) is 43.1 Å². The molecule has 0 aromatic heterocycles. The number of carbonyl (C=O) groups excluding carboxylic acids is 1. The van der Waals surface area contributed by atoms with Gasteiger partial charge in [0.05, 0.1) is 7.29 Å². The Bertz CT molecular complexity index is 772. The number of fused-ring (bicyclic) bond motifs is 2. The second kappa shape index (κ2) is 4.13. The van der Waals surface area contributed by atoms with Gasteiger partial charge in [-0.25, -0.2) is 0 Å². The number of primary amides is 1. The summed E-state index contributed by atoms with van der Waals surface area (Å²) in [4.78, 5) is 11.9. The molecular weight excluding hydrogens is 246 g/mol. The van der Waals surface area contributed by atoms with Gasteiger partial charge in [0, 0.05) is 10.5 Å². The second-order valence-corrected chi connectivity index (χ2v) is 5.06. The van der Waals surface area contributed by atoms with Gasteiger partial charge in [-0.15, -0.1) is 0 Å². The van der Waals surface area contributed by atoms with E-state index < -0.39 is 24.6 Å². The summed E-state index contributed by atoms with van der Waals surface area (Å²) < 4.78 is 40.6. The summed E-state index contributed by atoms with van der Waals surface area (Å²) in [5.74, 6) is -2.22. The lowest BCUT2D eigenvalue weighted by Gasteiger charge is -2.22. The maximum Gasteiger partial charge on any atom is 0.224 e. The van der Waals surface area contributed by atoms with Gasteiger partial charge >= 0.3 is 0 Å². The SMILES string of the molecule is [2H]c1c(Cl)c(C)cc2c1C1=C(C2)C(C(N)=O)C([2H])([2H])C([2H])([2H])C1. The summed E-state index contributed by atoms with van der Waals surface area (Å²) in [5, 5.41) is 0.294. The van der Waals surface area contributed by atoms with E-state index in [4.69, 9.17) is 24.2 Å². The number of aryl methyl sites for hydroxylation is 1. The summed E-state index contributed by atoms with van der Waals surface area (Å²) in [7, 11) is 0. The lowest BCUT2D eigenvalue weighted by atomic mass is 9.82. The van der Waals surface area contributed by atoms with Crippen molar-refractivity contribution in [3.8, 4) is 0 Å². The van der Waals surface area contributed by atoms with Gasteiger partial charge in [-0.2, -0.15) is 0 Å².